The van der Waals surface area contributed by atoms with Gasteiger partial charge in [-0.2, -0.15) is 0 Å². The van der Waals surface area contributed by atoms with E-state index in [1.165, 1.54) is 11.6 Å². The molecule has 2 N–H and O–H groups in total. The molecule has 0 aliphatic carbocycles. The van der Waals surface area contributed by atoms with Crippen LogP contribution >= 0.6 is 0 Å². The lowest BCUT2D eigenvalue weighted by Crippen LogP contribution is -2.49. The number of hydrogen-bond acceptors (Lipinski definition) is 6. The lowest BCUT2D eigenvalue weighted by atomic mass is 9.93. The molecule has 1 aliphatic rings. The van der Waals surface area contributed by atoms with E-state index in [0.717, 1.165) is 16.5 Å². The zero-order valence-electron chi connectivity index (χ0n) is 18.0. The molecule has 32 heavy (non-hydrogen) atoms. The zero-order valence-corrected chi connectivity index (χ0v) is 18.0. The molecule has 0 saturated carbocycles. The van der Waals surface area contributed by atoms with E-state index < -0.39 is 11.7 Å². The Hall–Kier alpha value is -3.65. The maximum Gasteiger partial charge on any atom is 0.411 e. The van der Waals surface area contributed by atoms with Crippen LogP contribution in [0.4, 0.5) is 10.5 Å². The number of benzene rings is 2. The molecule has 4 rings (SSSR count). The topological polar surface area (TPSA) is 101 Å². The highest BCUT2D eigenvalue weighted by atomic mass is 16.5. The Balaban J connectivity index is 1.67. The van der Waals surface area contributed by atoms with Crippen molar-refractivity contribution in [3.63, 3.8) is 0 Å². The predicted octanol–water partition coefficient (Wildman–Crippen LogP) is 3.03. The molecule has 1 unspecified atom stereocenters. The van der Waals surface area contributed by atoms with Gasteiger partial charge in [0.15, 0.2) is 0 Å². The minimum atomic E-state index is -0.578. The minimum Gasteiger partial charge on any atom is -0.450 e. The third-order valence-corrected chi connectivity index (χ3v) is 5.62. The number of carbonyl (C=O) groups excluding carboxylic acids is 2. The van der Waals surface area contributed by atoms with Gasteiger partial charge in [-0.1, -0.05) is 24.3 Å². The first kappa shape index (κ1) is 21.6. The normalized spacial score (nSPS) is 15.8. The number of anilines is 1. The maximum atomic E-state index is 12.6. The Labute approximate surface area is 185 Å². The molecule has 0 bridgehead atoms. The maximum absolute atomic E-state index is 12.6. The summed E-state index contributed by atoms with van der Waals surface area (Å²) >= 11 is 0. The average molecular weight is 435 g/mol. The molecule has 3 aromatic rings. The quantitative estimate of drug-likeness (QED) is 0.598. The van der Waals surface area contributed by atoms with E-state index in [0.29, 0.717) is 30.8 Å². The van der Waals surface area contributed by atoms with Crippen molar-refractivity contribution in [3.8, 4) is 0 Å². The second-order valence-electron chi connectivity index (χ2n) is 7.65. The van der Waals surface area contributed by atoms with Gasteiger partial charge in [-0.05, 0) is 42.2 Å². The molecule has 0 radical (unpaired) electrons. The molecule has 2 aromatic carbocycles. The zero-order chi connectivity index (χ0) is 22.7. The van der Waals surface area contributed by atoms with E-state index in [-0.39, 0.29) is 18.6 Å². The number of nitrogens with one attached hydrogen (secondary N) is 2. The Morgan fingerprint density at radius 2 is 1.94 bits per heavy atom. The standard InChI is InChI=1S/C24H25N3O5/c1-3-31-24(30)26-18-8-9-19-17(11-22(28)32-21(19)12-18)14-27-13-16-7-5-4-6-15(16)10-20(27)23(29)25-2/h4-9,11-12,20H,3,10,13-14H2,1-2H3,(H,25,29)(H,26,30). The van der Waals surface area contributed by atoms with Gasteiger partial charge in [0.05, 0.1) is 12.6 Å². The molecule has 0 saturated heterocycles. The van der Waals surface area contributed by atoms with Gasteiger partial charge in [0.2, 0.25) is 5.91 Å². The number of likely N-dealkylation sites (N-methyl/N-ethyl adjacent to an activating group) is 1. The SMILES string of the molecule is CCOC(=O)Nc1ccc2c(CN3Cc4ccccc4CC3C(=O)NC)cc(=O)oc2c1. The van der Waals surface area contributed by atoms with Gasteiger partial charge in [0.1, 0.15) is 5.58 Å². The molecule has 1 aromatic heterocycles. The van der Waals surface area contributed by atoms with E-state index in [9.17, 15) is 14.4 Å². The van der Waals surface area contributed by atoms with Crippen LogP contribution in [0.1, 0.15) is 23.6 Å². The highest BCUT2D eigenvalue weighted by molar-refractivity contribution is 5.90. The van der Waals surface area contributed by atoms with Crippen molar-refractivity contribution in [1.82, 2.24) is 10.2 Å². The number of carbonyl (C=O) groups is 2. The minimum absolute atomic E-state index is 0.0623. The number of rotatable bonds is 5. The monoisotopic (exact) mass is 435 g/mol. The fourth-order valence-corrected chi connectivity index (χ4v) is 4.11. The first-order chi connectivity index (χ1) is 15.5. The largest absolute Gasteiger partial charge is 0.450 e. The van der Waals surface area contributed by atoms with E-state index in [1.54, 1.807) is 32.2 Å². The van der Waals surface area contributed by atoms with Crippen molar-refractivity contribution in [2.24, 2.45) is 0 Å². The number of fused-ring (bicyclic) bond motifs is 2. The van der Waals surface area contributed by atoms with Gasteiger partial charge >= 0.3 is 11.7 Å². The Kier molecular flexibility index (Phi) is 6.23. The van der Waals surface area contributed by atoms with Crippen LogP contribution in [0, 0.1) is 0 Å². The molecule has 1 aliphatic heterocycles. The lowest BCUT2D eigenvalue weighted by Gasteiger charge is -2.35. The van der Waals surface area contributed by atoms with Crippen LogP contribution in [-0.2, 0) is 29.0 Å². The van der Waals surface area contributed by atoms with Crippen molar-refractivity contribution in [3.05, 3.63) is 75.6 Å². The molecule has 166 valence electrons. The van der Waals surface area contributed by atoms with E-state index >= 15 is 0 Å². The number of ether oxygens (including phenoxy) is 1. The van der Waals surface area contributed by atoms with Gasteiger partial charge in [-0.3, -0.25) is 15.0 Å². The van der Waals surface area contributed by atoms with Crippen LogP contribution in [0.25, 0.3) is 11.0 Å². The van der Waals surface area contributed by atoms with Crippen molar-refractivity contribution in [1.29, 1.82) is 0 Å². The van der Waals surface area contributed by atoms with Gasteiger partial charge in [-0.25, -0.2) is 9.59 Å². The lowest BCUT2D eigenvalue weighted by molar-refractivity contribution is -0.126. The van der Waals surface area contributed by atoms with Crippen molar-refractivity contribution >= 4 is 28.7 Å². The van der Waals surface area contributed by atoms with Crippen LogP contribution in [-0.4, -0.2) is 36.6 Å². The molecule has 0 spiro atoms. The molecule has 2 amide bonds. The first-order valence-electron chi connectivity index (χ1n) is 10.5. The first-order valence-corrected chi connectivity index (χ1v) is 10.5. The Bertz CT molecular complexity index is 1220. The van der Waals surface area contributed by atoms with Crippen molar-refractivity contribution in [2.75, 3.05) is 19.0 Å². The Morgan fingerprint density at radius 1 is 1.16 bits per heavy atom. The summed E-state index contributed by atoms with van der Waals surface area (Å²) in [5.74, 6) is -0.0623. The number of nitrogens with zero attached hydrogens (tertiary/aromatic N) is 1. The second kappa shape index (κ2) is 9.23. The van der Waals surface area contributed by atoms with Crippen LogP contribution < -0.4 is 16.3 Å². The summed E-state index contributed by atoms with van der Waals surface area (Å²) in [4.78, 5) is 38.7. The van der Waals surface area contributed by atoms with Crippen LogP contribution in [0.2, 0.25) is 0 Å². The van der Waals surface area contributed by atoms with Gasteiger partial charge in [0, 0.05) is 43.3 Å². The van der Waals surface area contributed by atoms with Gasteiger partial charge < -0.3 is 14.5 Å². The summed E-state index contributed by atoms with van der Waals surface area (Å²) in [5.41, 5.74) is 3.41. The van der Waals surface area contributed by atoms with Gasteiger partial charge in [-0.15, -0.1) is 0 Å². The molecular weight excluding hydrogens is 410 g/mol. The third kappa shape index (κ3) is 4.50. The number of hydrogen-bond donors (Lipinski definition) is 2. The van der Waals surface area contributed by atoms with E-state index in [2.05, 4.69) is 21.6 Å². The number of amides is 2. The summed E-state index contributed by atoms with van der Waals surface area (Å²) in [6, 6.07) is 14.3. The molecule has 8 nitrogen and oxygen atoms in total. The van der Waals surface area contributed by atoms with Crippen molar-refractivity contribution < 1.29 is 18.7 Å². The van der Waals surface area contributed by atoms with Crippen LogP contribution in [0.15, 0.2) is 57.7 Å². The average Bonchev–Trinajstić information content (AvgIpc) is 2.78. The molecule has 1 atom stereocenters. The fourth-order valence-electron chi connectivity index (χ4n) is 4.11. The molecule has 8 heteroatoms. The molecule has 0 fully saturated rings. The molecular formula is C24H25N3O5. The summed E-state index contributed by atoms with van der Waals surface area (Å²) in [7, 11) is 1.63. The third-order valence-electron chi connectivity index (χ3n) is 5.62. The van der Waals surface area contributed by atoms with Crippen LogP contribution in [0.5, 0.6) is 0 Å². The van der Waals surface area contributed by atoms with E-state index in [1.807, 2.05) is 18.2 Å². The summed E-state index contributed by atoms with van der Waals surface area (Å²) in [5, 5.41) is 6.11. The Morgan fingerprint density at radius 3 is 2.69 bits per heavy atom. The second-order valence-corrected chi connectivity index (χ2v) is 7.65. The summed E-state index contributed by atoms with van der Waals surface area (Å²) in [6.45, 7) is 2.97. The van der Waals surface area contributed by atoms with E-state index in [4.69, 9.17) is 9.15 Å². The van der Waals surface area contributed by atoms with Crippen molar-refractivity contribution in [2.45, 2.75) is 32.5 Å². The predicted molar refractivity (Wildman–Crippen MR) is 120 cm³/mol. The highest BCUT2D eigenvalue weighted by Gasteiger charge is 2.31. The molecule has 2 heterocycles. The summed E-state index contributed by atoms with van der Waals surface area (Å²) < 4.78 is 10.3. The van der Waals surface area contributed by atoms with Crippen LogP contribution in [0.3, 0.4) is 0 Å². The smallest absolute Gasteiger partial charge is 0.411 e. The highest BCUT2D eigenvalue weighted by Crippen LogP contribution is 2.28. The fraction of sp³-hybridized carbons (Fsp3) is 0.292. The summed E-state index contributed by atoms with van der Waals surface area (Å²) in [6.07, 6.45) is 0.0220. The van der Waals surface area contributed by atoms with Gasteiger partial charge in [0.25, 0.3) is 0 Å².